The summed E-state index contributed by atoms with van der Waals surface area (Å²) in [6.45, 7) is 1.93. The number of hydrogen-bond acceptors (Lipinski definition) is 3. The number of amides is 2. The van der Waals surface area contributed by atoms with E-state index in [0.717, 1.165) is 17.3 Å². The van der Waals surface area contributed by atoms with Crippen molar-refractivity contribution in [3.05, 3.63) is 34.3 Å². The Hall–Kier alpha value is -1.60. The maximum absolute atomic E-state index is 11.9. The largest absolute Gasteiger partial charge is 0.481 e. The number of carboxylic acids is 1. The van der Waals surface area contributed by atoms with Gasteiger partial charge in [-0.05, 0) is 30.5 Å². The molecule has 0 radical (unpaired) electrons. The summed E-state index contributed by atoms with van der Waals surface area (Å²) in [6.07, 6.45) is 1.58. The zero-order valence-corrected chi connectivity index (χ0v) is 14.4. The fraction of sp³-hybridized carbons (Fsp3) is 0.500. The van der Waals surface area contributed by atoms with Gasteiger partial charge in [-0.3, -0.25) is 4.79 Å². The summed E-state index contributed by atoms with van der Waals surface area (Å²) < 4.78 is 6.48. The molecule has 1 heterocycles. The predicted molar refractivity (Wildman–Crippen MR) is 89.5 cm³/mol. The van der Waals surface area contributed by atoms with Gasteiger partial charge in [-0.15, -0.1) is 0 Å². The van der Waals surface area contributed by atoms with E-state index in [2.05, 4.69) is 38.7 Å². The van der Waals surface area contributed by atoms with Crippen LogP contribution in [0.1, 0.15) is 24.8 Å². The number of ether oxygens (including phenoxy) is 1. The monoisotopic (exact) mass is 384 g/mol. The van der Waals surface area contributed by atoms with Crippen molar-refractivity contribution in [3.63, 3.8) is 0 Å². The van der Waals surface area contributed by atoms with Crippen LogP contribution in [0.2, 0.25) is 0 Å². The highest BCUT2D eigenvalue weighted by Crippen LogP contribution is 2.35. The fourth-order valence-corrected chi connectivity index (χ4v) is 3.14. The van der Waals surface area contributed by atoms with Gasteiger partial charge in [0.15, 0.2) is 0 Å². The molecule has 0 spiro atoms. The Bertz CT molecular complexity index is 559. The van der Waals surface area contributed by atoms with E-state index in [9.17, 15) is 9.59 Å². The average molecular weight is 385 g/mol. The van der Waals surface area contributed by atoms with Gasteiger partial charge in [-0.2, -0.15) is 0 Å². The van der Waals surface area contributed by atoms with Crippen molar-refractivity contribution in [3.8, 4) is 0 Å². The summed E-state index contributed by atoms with van der Waals surface area (Å²) in [5.74, 6) is -0.930. The number of benzene rings is 1. The van der Waals surface area contributed by atoms with Crippen LogP contribution in [0.4, 0.5) is 4.79 Å². The fourth-order valence-electron chi connectivity index (χ4n) is 2.74. The second-order valence-electron chi connectivity index (χ2n) is 5.66. The quantitative estimate of drug-likeness (QED) is 0.701. The first-order chi connectivity index (χ1) is 11.0. The highest BCUT2D eigenvalue weighted by molar-refractivity contribution is 9.10. The summed E-state index contributed by atoms with van der Waals surface area (Å²) >= 11 is 3.49. The third-order valence-corrected chi connectivity index (χ3v) is 4.59. The number of carbonyl (C=O) groups excluding carboxylic acids is 1. The Balaban J connectivity index is 1.99. The lowest BCUT2D eigenvalue weighted by Crippen LogP contribution is -2.47. The van der Waals surface area contributed by atoms with Crippen LogP contribution < -0.4 is 10.6 Å². The standard InChI is InChI=1S/C16H21BrN2O4/c17-13-3-1-2-12(10-13)16(5-8-23-9-6-16)11-19-15(22)18-7-4-14(20)21/h1-3,10H,4-9,11H2,(H,20,21)(H2,18,19,22). The maximum Gasteiger partial charge on any atom is 0.314 e. The minimum Gasteiger partial charge on any atom is -0.481 e. The van der Waals surface area contributed by atoms with E-state index in [4.69, 9.17) is 9.84 Å². The van der Waals surface area contributed by atoms with Crippen molar-refractivity contribution in [1.29, 1.82) is 0 Å². The number of carbonyl (C=O) groups is 2. The first-order valence-electron chi connectivity index (χ1n) is 7.59. The lowest BCUT2D eigenvalue weighted by atomic mass is 9.74. The number of nitrogens with one attached hydrogen (secondary N) is 2. The third kappa shape index (κ3) is 5.21. The molecule has 3 N–H and O–H groups in total. The summed E-state index contributed by atoms with van der Waals surface area (Å²) in [5, 5.41) is 14.0. The molecule has 1 fully saturated rings. The van der Waals surface area contributed by atoms with Crippen molar-refractivity contribution in [2.45, 2.75) is 24.7 Å². The summed E-state index contributed by atoms with van der Waals surface area (Å²) in [5.41, 5.74) is 1.01. The Kier molecular flexibility index (Phi) is 6.41. The molecular weight excluding hydrogens is 364 g/mol. The van der Waals surface area contributed by atoms with E-state index >= 15 is 0 Å². The van der Waals surface area contributed by atoms with Crippen molar-refractivity contribution in [2.24, 2.45) is 0 Å². The van der Waals surface area contributed by atoms with Crippen molar-refractivity contribution in [1.82, 2.24) is 10.6 Å². The number of carboxylic acid groups (broad SMARTS) is 1. The molecule has 0 unspecified atom stereocenters. The molecule has 7 heteroatoms. The highest BCUT2D eigenvalue weighted by Gasteiger charge is 2.34. The van der Waals surface area contributed by atoms with Crippen molar-refractivity contribution < 1.29 is 19.4 Å². The minimum absolute atomic E-state index is 0.0853. The van der Waals surface area contributed by atoms with Crippen LogP contribution in [-0.4, -0.2) is 43.4 Å². The van der Waals surface area contributed by atoms with Crippen molar-refractivity contribution in [2.75, 3.05) is 26.3 Å². The Morgan fingerprint density at radius 2 is 2.00 bits per heavy atom. The van der Waals surface area contributed by atoms with Gasteiger partial charge in [-0.25, -0.2) is 4.79 Å². The molecular formula is C16H21BrN2O4. The van der Waals surface area contributed by atoms with E-state index in [-0.39, 0.29) is 24.4 Å². The molecule has 0 aliphatic carbocycles. The predicted octanol–water partition coefficient (Wildman–Crippen LogP) is 2.27. The second-order valence-corrected chi connectivity index (χ2v) is 6.57. The van der Waals surface area contributed by atoms with Crippen LogP contribution in [-0.2, 0) is 14.9 Å². The third-order valence-electron chi connectivity index (χ3n) is 4.10. The maximum atomic E-state index is 11.9. The number of hydrogen-bond donors (Lipinski definition) is 3. The van der Waals surface area contributed by atoms with Crippen LogP contribution >= 0.6 is 15.9 Å². The van der Waals surface area contributed by atoms with Crippen LogP contribution in [0.15, 0.2) is 28.7 Å². The molecule has 1 aromatic carbocycles. The molecule has 126 valence electrons. The zero-order valence-electron chi connectivity index (χ0n) is 12.8. The summed E-state index contributed by atoms with van der Waals surface area (Å²) in [7, 11) is 0. The first kappa shape index (κ1) is 17.7. The lowest BCUT2D eigenvalue weighted by molar-refractivity contribution is -0.136. The van der Waals surface area contributed by atoms with E-state index < -0.39 is 5.97 Å². The molecule has 2 amide bonds. The summed E-state index contributed by atoms with van der Waals surface area (Å²) in [4.78, 5) is 22.3. The van der Waals surface area contributed by atoms with Gasteiger partial charge in [0.2, 0.25) is 0 Å². The molecule has 0 bridgehead atoms. The van der Waals surface area contributed by atoms with Crippen LogP contribution in [0, 0.1) is 0 Å². The molecule has 0 aromatic heterocycles. The van der Waals surface area contributed by atoms with Gasteiger partial charge in [0, 0.05) is 36.2 Å². The van der Waals surface area contributed by atoms with Gasteiger partial charge >= 0.3 is 12.0 Å². The molecule has 0 atom stereocenters. The zero-order chi connectivity index (χ0) is 16.7. The smallest absolute Gasteiger partial charge is 0.314 e. The molecule has 1 saturated heterocycles. The lowest BCUT2D eigenvalue weighted by Gasteiger charge is -2.38. The second kappa shape index (κ2) is 8.31. The number of aliphatic carboxylic acids is 1. The minimum atomic E-state index is -0.930. The Morgan fingerprint density at radius 1 is 1.26 bits per heavy atom. The molecule has 0 saturated carbocycles. The van der Waals surface area contributed by atoms with Crippen LogP contribution in [0.3, 0.4) is 0 Å². The van der Waals surface area contributed by atoms with Crippen LogP contribution in [0.25, 0.3) is 0 Å². The number of halogens is 1. The van der Waals surface area contributed by atoms with Crippen molar-refractivity contribution >= 4 is 27.9 Å². The average Bonchev–Trinajstić information content (AvgIpc) is 2.53. The number of rotatable bonds is 6. The Morgan fingerprint density at radius 3 is 2.65 bits per heavy atom. The van der Waals surface area contributed by atoms with E-state index in [0.29, 0.717) is 19.8 Å². The van der Waals surface area contributed by atoms with E-state index in [1.807, 2.05) is 12.1 Å². The van der Waals surface area contributed by atoms with Gasteiger partial charge in [-0.1, -0.05) is 28.1 Å². The summed E-state index contributed by atoms with van der Waals surface area (Å²) in [6, 6.07) is 7.77. The topological polar surface area (TPSA) is 87.7 Å². The highest BCUT2D eigenvalue weighted by atomic mass is 79.9. The molecule has 23 heavy (non-hydrogen) atoms. The van der Waals surface area contributed by atoms with Gasteiger partial charge in [0.25, 0.3) is 0 Å². The van der Waals surface area contributed by atoms with Gasteiger partial charge in [0.1, 0.15) is 0 Å². The molecule has 2 rings (SSSR count). The van der Waals surface area contributed by atoms with Crippen LogP contribution in [0.5, 0.6) is 0 Å². The molecule has 1 aliphatic heterocycles. The Labute approximate surface area is 143 Å². The SMILES string of the molecule is O=C(O)CCNC(=O)NCC1(c2cccc(Br)c2)CCOCC1. The first-order valence-corrected chi connectivity index (χ1v) is 8.38. The molecule has 6 nitrogen and oxygen atoms in total. The molecule has 1 aliphatic rings. The normalized spacial score (nSPS) is 16.6. The van der Waals surface area contributed by atoms with Gasteiger partial charge < -0.3 is 20.5 Å². The number of urea groups is 1. The van der Waals surface area contributed by atoms with E-state index in [1.54, 1.807) is 0 Å². The van der Waals surface area contributed by atoms with Gasteiger partial charge in [0.05, 0.1) is 6.42 Å². The molecule has 1 aromatic rings. The van der Waals surface area contributed by atoms with E-state index in [1.165, 1.54) is 5.56 Å².